The van der Waals surface area contributed by atoms with E-state index in [1.165, 1.54) is 6.42 Å². The fraction of sp³-hybridized carbons (Fsp3) is 0.727. The normalized spacial score (nSPS) is 11.2. The molecule has 0 aliphatic carbocycles. The molecule has 1 heterocycles. The van der Waals surface area contributed by atoms with Crippen molar-refractivity contribution in [1.82, 2.24) is 14.5 Å². The van der Waals surface area contributed by atoms with Gasteiger partial charge in [-0.25, -0.2) is 4.98 Å². The van der Waals surface area contributed by atoms with Crippen molar-refractivity contribution in [2.24, 2.45) is 5.73 Å². The average Bonchev–Trinajstić information content (AvgIpc) is 2.66. The first-order valence-corrected chi connectivity index (χ1v) is 5.73. The maximum Gasteiger partial charge on any atom is 0.0950 e. The van der Waals surface area contributed by atoms with Crippen molar-refractivity contribution in [3.05, 3.63) is 18.2 Å². The molecule has 0 radical (unpaired) electrons. The summed E-state index contributed by atoms with van der Waals surface area (Å²) < 4.78 is 2.05. The van der Waals surface area contributed by atoms with E-state index in [0.717, 1.165) is 31.9 Å². The van der Waals surface area contributed by atoms with Crippen LogP contribution in [0, 0.1) is 0 Å². The minimum atomic E-state index is 0.669. The summed E-state index contributed by atoms with van der Waals surface area (Å²) in [5.74, 6) is 0. The van der Waals surface area contributed by atoms with Crippen LogP contribution in [0.2, 0.25) is 0 Å². The smallest absolute Gasteiger partial charge is 0.0950 e. The van der Waals surface area contributed by atoms with Crippen molar-refractivity contribution in [3.8, 4) is 0 Å². The fourth-order valence-electron chi connectivity index (χ4n) is 1.65. The molecule has 0 atom stereocenters. The van der Waals surface area contributed by atoms with E-state index in [1.807, 2.05) is 6.33 Å². The van der Waals surface area contributed by atoms with Gasteiger partial charge in [-0.2, -0.15) is 0 Å². The number of imidazole rings is 1. The number of hydrogen-bond donors (Lipinski definition) is 1. The number of aromatic nitrogens is 2. The summed E-state index contributed by atoms with van der Waals surface area (Å²) in [7, 11) is 0. The van der Waals surface area contributed by atoms with Crippen LogP contribution in [0.4, 0.5) is 0 Å². The summed E-state index contributed by atoms with van der Waals surface area (Å²) in [6.45, 7) is 9.08. The van der Waals surface area contributed by atoms with E-state index in [1.54, 1.807) is 0 Å². The Bertz CT molecular complexity index is 269. The Labute approximate surface area is 92.1 Å². The van der Waals surface area contributed by atoms with E-state index in [2.05, 4.69) is 34.5 Å². The van der Waals surface area contributed by atoms with Gasteiger partial charge in [0.1, 0.15) is 0 Å². The van der Waals surface area contributed by atoms with Gasteiger partial charge in [-0.05, 0) is 19.5 Å². The standard InChI is InChI=1S/C11H22N4/c1-3-6-14(4-2)8-11-9-15(7-5-12)10-13-11/h9-10H,3-8,12H2,1-2H3. The van der Waals surface area contributed by atoms with Gasteiger partial charge in [0.25, 0.3) is 0 Å². The molecule has 0 bridgehead atoms. The van der Waals surface area contributed by atoms with Crippen LogP contribution in [0.5, 0.6) is 0 Å². The molecule has 0 spiro atoms. The Morgan fingerprint density at radius 2 is 2.27 bits per heavy atom. The molecule has 1 aromatic rings. The fourth-order valence-corrected chi connectivity index (χ4v) is 1.65. The van der Waals surface area contributed by atoms with Gasteiger partial charge < -0.3 is 10.3 Å². The highest BCUT2D eigenvalue weighted by molar-refractivity contribution is 4.96. The van der Waals surface area contributed by atoms with Gasteiger partial charge in [0.2, 0.25) is 0 Å². The van der Waals surface area contributed by atoms with Crippen LogP contribution in [-0.2, 0) is 13.1 Å². The first kappa shape index (κ1) is 12.2. The summed E-state index contributed by atoms with van der Waals surface area (Å²) in [4.78, 5) is 6.77. The second kappa shape index (κ2) is 6.58. The topological polar surface area (TPSA) is 47.1 Å². The van der Waals surface area contributed by atoms with Crippen molar-refractivity contribution in [1.29, 1.82) is 0 Å². The SMILES string of the molecule is CCCN(CC)Cc1cn(CCN)cn1. The van der Waals surface area contributed by atoms with E-state index >= 15 is 0 Å². The third-order valence-electron chi connectivity index (χ3n) is 2.45. The Balaban J connectivity index is 2.47. The van der Waals surface area contributed by atoms with Gasteiger partial charge in [-0.3, -0.25) is 4.90 Å². The van der Waals surface area contributed by atoms with Gasteiger partial charge in [0, 0.05) is 25.8 Å². The summed E-state index contributed by atoms with van der Waals surface area (Å²) in [6, 6.07) is 0. The van der Waals surface area contributed by atoms with Crippen molar-refractivity contribution in [2.75, 3.05) is 19.6 Å². The summed E-state index contributed by atoms with van der Waals surface area (Å²) in [5.41, 5.74) is 6.62. The molecule has 0 saturated carbocycles. The highest BCUT2D eigenvalue weighted by Gasteiger charge is 2.04. The molecule has 0 unspecified atom stereocenters. The number of hydrogen-bond acceptors (Lipinski definition) is 3. The first-order valence-electron chi connectivity index (χ1n) is 5.73. The quantitative estimate of drug-likeness (QED) is 0.732. The maximum absolute atomic E-state index is 5.49. The predicted octanol–water partition coefficient (Wildman–Crippen LogP) is 1.07. The van der Waals surface area contributed by atoms with E-state index in [-0.39, 0.29) is 0 Å². The zero-order valence-electron chi connectivity index (χ0n) is 9.82. The van der Waals surface area contributed by atoms with E-state index in [0.29, 0.717) is 6.54 Å². The van der Waals surface area contributed by atoms with Gasteiger partial charge in [-0.1, -0.05) is 13.8 Å². The van der Waals surface area contributed by atoms with Gasteiger partial charge in [0.15, 0.2) is 0 Å². The molecule has 0 aliphatic rings. The van der Waals surface area contributed by atoms with Crippen LogP contribution in [0.25, 0.3) is 0 Å². The second-order valence-electron chi connectivity index (χ2n) is 3.76. The van der Waals surface area contributed by atoms with Crippen LogP contribution in [0.3, 0.4) is 0 Å². The molecule has 86 valence electrons. The van der Waals surface area contributed by atoms with Gasteiger partial charge >= 0.3 is 0 Å². The van der Waals surface area contributed by atoms with Crippen molar-refractivity contribution < 1.29 is 0 Å². The summed E-state index contributed by atoms with van der Waals surface area (Å²) in [6.07, 6.45) is 5.14. The molecule has 4 nitrogen and oxygen atoms in total. The lowest BCUT2D eigenvalue weighted by Gasteiger charge is -2.17. The predicted molar refractivity (Wildman–Crippen MR) is 62.5 cm³/mol. The van der Waals surface area contributed by atoms with E-state index in [4.69, 9.17) is 5.73 Å². The molecule has 0 amide bonds. The Kier molecular flexibility index (Phi) is 5.36. The molecule has 1 aromatic heterocycles. The monoisotopic (exact) mass is 210 g/mol. The summed E-state index contributed by atoms with van der Waals surface area (Å²) >= 11 is 0. The van der Waals surface area contributed by atoms with Crippen LogP contribution in [-0.4, -0.2) is 34.1 Å². The van der Waals surface area contributed by atoms with Crippen LogP contribution in [0.1, 0.15) is 26.0 Å². The van der Waals surface area contributed by atoms with Crippen LogP contribution >= 0.6 is 0 Å². The van der Waals surface area contributed by atoms with E-state index < -0.39 is 0 Å². The van der Waals surface area contributed by atoms with Crippen molar-refractivity contribution in [2.45, 2.75) is 33.4 Å². The molecule has 0 aliphatic heterocycles. The molecule has 0 aromatic carbocycles. The second-order valence-corrected chi connectivity index (χ2v) is 3.76. The molecule has 15 heavy (non-hydrogen) atoms. The number of nitrogens with zero attached hydrogens (tertiary/aromatic N) is 3. The van der Waals surface area contributed by atoms with Crippen LogP contribution < -0.4 is 5.73 Å². The Morgan fingerprint density at radius 3 is 2.87 bits per heavy atom. The maximum atomic E-state index is 5.49. The highest BCUT2D eigenvalue weighted by Crippen LogP contribution is 2.02. The van der Waals surface area contributed by atoms with Crippen molar-refractivity contribution >= 4 is 0 Å². The first-order chi connectivity index (χ1) is 7.30. The zero-order chi connectivity index (χ0) is 11.1. The third kappa shape index (κ3) is 4.01. The van der Waals surface area contributed by atoms with Gasteiger partial charge in [-0.15, -0.1) is 0 Å². The molecular weight excluding hydrogens is 188 g/mol. The minimum Gasteiger partial charge on any atom is -0.336 e. The zero-order valence-corrected chi connectivity index (χ0v) is 9.82. The lowest BCUT2D eigenvalue weighted by Crippen LogP contribution is -2.23. The number of rotatable bonds is 7. The third-order valence-corrected chi connectivity index (χ3v) is 2.45. The van der Waals surface area contributed by atoms with Crippen molar-refractivity contribution in [3.63, 3.8) is 0 Å². The average molecular weight is 210 g/mol. The van der Waals surface area contributed by atoms with Gasteiger partial charge in [0.05, 0.1) is 12.0 Å². The lowest BCUT2D eigenvalue weighted by molar-refractivity contribution is 0.277. The molecule has 2 N–H and O–H groups in total. The minimum absolute atomic E-state index is 0.669. The number of nitrogens with two attached hydrogens (primary N) is 1. The lowest BCUT2D eigenvalue weighted by atomic mass is 10.3. The molecule has 4 heteroatoms. The van der Waals surface area contributed by atoms with Crippen LogP contribution in [0.15, 0.2) is 12.5 Å². The Hall–Kier alpha value is -0.870. The largest absolute Gasteiger partial charge is 0.336 e. The molecular formula is C11H22N4. The highest BCUT2D eigenvalue weighted by atomic mass is 15.1. The molecule has 1 rings (SSSR count). The molecule has 0 fully saturated rings. The molecule has 0 saturated heterocycles. The van der Waals surface area contributed by atoms with E-state index in [9.17, 15) is 0 Å². The Morgan fingerprint density at radius 1 is 1.47 bits per heavy atom. The summed E-state index contributed by atoms with van der Waals surface area (Å²) in [5, 5.41) is 0.